The van der Waals surface area contributed by atoms with E-state index in [1.54, 1.807) is 106 Å². The number of halogens is 3. The van der Waals surface area contributed by atoms with Crippen LogP contribution in [0.2, 0.25) is 15.1 Å². The molecule has 6 aromatic heterocycles. The van der Waals surface area contributed by atoms with E-state index in [-0.39, 0.29) is 49.0 Å². The van der Waals surface area contributed by atoms with Crippen LogP contribution in [0, 0.1) is 0 Å². The lowest BCUT2D eigenvalue weighted by molar-refractivity contribution is -0.122. The summed E-state index contributed by atoms with van der Waals surface area (Å²) in [4.78, 5) is 143. The molecule has 10 N–H and O–H groups in total. The summed E-state index contributed by atoms with van der Waals surface area (Å²) < 4.78 is 9.89. The number of aliphatic hydroxyl groups is 1. The maximum absolute atomic E-state index is 12.2. The predicted octanol–water partition coefficient (Wildman–Crippen LogP) is 12.4. The summed E-state index contributed by atoms with van der Waals surface area (Å²) in [7, 11) is 12.8. The molecule has 0 radical (unpaired) electrons. The number of benzene rings is 6. The topological polar surface area (TPSA) is 397 Å². The highest BCUT2D eigenvalue weighted by molar-refractivity contribution is 6.33. The third kappa shape index (κ3) is 24.5. The van der Waals surface area contributed by atoms with Gasteiger partial charge in [0.05, 0.1) is 119 Å². The van der Waals surface area contributed by atoms with Crippen molar-refractivity contribution < 1.29 is 48.2 Å². The number of carbonyl (C=O) groups is 6. The first-order valence-corrected chi connectivity index (χ1v) is 45.8. The number of hydroxylamine groups is 1. The highest BCUT2D eigenvalue weighted by Gasteiger charge is 2.32. The average Bonchev–Trinajstić information content (AvgIpc) is 1.66. The molecule has 135 heavy (non-hydrogen) atoms. The fraction of sp³-hybridized carbons (Fsp3) is 0.368. The maximum atomic E-state index is 12.2. The van der Waals surface area contributed by atoms with Crippen LogP contribution in [0.3, 0.4) is 0 Å². The van der Waals surface area contributed by atoms with Crippen LogP contribution in [-0.2, 0) is 106 Å². The molecular formula is C95H118Cl3N27O10. The van der Waals surface area contributed by atoms with Crippen molar-refractivity contribution in [3.63, 3.8) is 0 Å². The molecule has 18 rings (SSSR count). The van der Waals surface area contributed by atoms with Crippen LogP contribution in [0.15, 0.2) is 166 Å². The Labute approximate surface area is 799 Å². The van der Waals surface area contributed by atoms with Crippen molar-refractivity contribution in [1.82, 2.24) is 75.9 Å². The van der Waals surface area contributed by atoms with E-state index in [1.807, 2.05) is 113 Å². The van der Waals surface area contributed by atoms with Gasteiger partial charge in [0.15, 0.2) is 0 Å². The van der Waals surface area contributed by atoms with Crippen LogP contribution in [0.4, 0.5) is 82.6 Å². The number of H-pyrrole nitrogens is 6. The maximum Gasteiger partial charge on any atom is 0.345 e. The zero-order valence-electron chi connectivity index (χ0n) is 77.9. The molecule has 12 heterocycles. The number of aliphatic hydroxyl groups excluding tert-OH is 1. The van der Waals surface area contributed by atoms with E-state index in [1.165, 1.54) is 52.1 Å². The van der Waals surface area contributed by atoms with E-state index < -0.39 is 6.61 Å². The van der Waals surface area contributed by atoms with Gasteiger partial charge in [0.25, 0.3) is 17.7 Å². The van der Waals surface area contributed by atoms with Gasteiger partial charge < -0.3 is 99.2 Å². The molecule has 0 spiro atoms. The highest BCUT2D eigenvalue weighted by atomic mass is 35.5. The summed E-state index contributed by atoms with van der Waals surface area (Å²) in [6.45, 7) is 17.6. The number of carbonyl (C=O) groups excluding carboxylic acids is 6. The molecule has 6 aromatic carbocycles. The van der Waals surface area contributed by atoms with Gasteiger partial charge in [-0.15, -0.1) is 0 Å². The Morgan fingerprint density at radius 2 is 0.652 bits per heavy atom. The summed E-state index contributed by atoms with van der Waals surface area (Å²) in [6, 6.07) is 29.5. The van der Waals surface area contributed by atoms with Gasteiger partial charge in [0, 0.05) is 229 Å². The molecule has 0 saturated heterocycles. The van der Waals surface area contributed by atoms with Gasteiger partial charge in [0.2, 0.25) is 0 Å². The Balaban J connectivity index is 0.000000137. The van der Waals surface area contributed by atoms with Crippen molar-refractivity contribution in [3.8, 4) is 0 Å². The number of amides is 9. The van der Waals surface area contributed by atoms with Crippen LogP contribution in [0.5, 0.6) is 0 Å². The van der Waals surface area contributed by atoms with Gasteiger partial charge in [-0.05, 0) is 165 Å². The molecule has 0 unspecified atom stereocenters. The summed E-state index contributed by atoms with van der Waals surface area (Å²) in [5.74, 6) is -0.442. The molecule has 0 bridgehead atoms. The minimum Gasteiger partial charge on any atom is -0.387 e. The molecule has 6 aliphatic heterocycles. The van der Waals surface area contributed by atoms with Crippen LogP contribution in [0.25, 0.3) is 0 Å². The number of hydrogen-bond acceptors (Lipinski definition) is 22. The smallest absolute Gasteiger partial charge is 0.345 e. The largest absolute Gasteiger partial charge is 0.387 e. The Hall–Kier alpha value is -13.7. The molecule has 40 heteroatoms. The van der Waals surface area contributed by atoms with Crippen LogP contribution >= 0.6 is 34.8 Å². The van der Waals surface area contributed by atoms with Crippen LogP contribution in [-0.4, -0.2) is 236 Å². The number of ether oxygens (including phenoxy) is 2. The van der Waals surface area contributed by atoms with Gasteiger partial charge in [0.1, 0.15) is 19.8 Å². The third-order valence-electron chi connectivity index (χ3n) is 24.2. The second kappa shape index (κ2) is 47.3. The van der Waals surface area contributed by atoms with Crippen molar-refractivity contribution in [2.24, 2.45) is 0 Å². The van der Waals surface area contributed by atoms with E-state index >= 15 is 0 Å². The number of nitrogens with zero attached hydrogens (tertiary/aromatic N) is 18. The predicted molar refractivity (Wildman–Crippen MR) is 528 cm³/mol. The minimum atomic E-state index is -0.481. The highest BCUT2D eigenvalue weighted by Crippen LogP contribution is 2.43. The second-order valence-corrected chi connectivity index (χ2v) is 33.8. The van der Waals surface area contributed by atoms with Gasteiger partial charge in [-0.3, -0.25) is 33.9 Å². The lowest BCUT2D eigenvalue weighted by Crippen LogP contribution is -2.38. The third-order valence-corrected chi connectivity index (χ3v) is 25.3. The molecule has 0 aliphatic carbocycles. The molecule has 6 aliphatic rings. The van der Waals surface area contributed by atoms with Crippen LogP contribution in [0.1, 0.15) is 88.3 Å². The fourth-order valence-electron chi connectivity index (χ4n) is 17.1. The van der Waals surface area contributed by atoms with Gasteiger partial charge >= 0.3 is 18.1 Å². The molecule has 0 fully saturated rings. The molecule has 9 amide bonds. The monoisotopic (exact) mass is 1900 g/mol. The minimum absolute atomic E-state index is 0.0203. The van der Waals surface area contributed by atoms with E-state index in [9.17, 15) is 28.8 Å². The zero-order valence-corrected chi connectivity index (χ0v) is 80.1. The van der Waals surface area contributed by atoms with Crippen molar-refractivity contribution in [2.75, 3.05) is 194 Å². The van der Waals surface area contributed by atoms with E-state index in [2.05, 4.69) is 140 Å². The lowest BCUT2D eigenvalue weighted by atomic mass is 10.1. The van der Waals surface area contributed by atoms with Crippen molar-refractivity contribution in [1.29, 1.82) is 0 Å². The first kappa shape index (κ1) is 98.8. The number of nitrogens with one attached hydrogen (secondary N) is 9. The van der Waals surface area contributed by atoms with Crippen molar-refractivity contribution in [3.05, 3.63) is 249 Å². The molecular weight excluding hydrogens is 1790 g/mol. The van der Waals surface area contributed by atoms with Crippen molar-refractivity contribution >= 4 is 139 Å². The summed E-state index contributed by atoms with van der Waals surface area (Å²) in [5.41, 5.74) is 27.7. The first-order chi connectivity index (χ1) is 65.5. The number of methoxy groups -OCH3 is 2. The Morgan fingerprint density at radius 1 is 0.363 bits per heavy atom. The summed E-state index contributed by atoms with van der Waals surface area (Å²) >= 11 is 19.3. The van der Waals surface area contributed by atoms with Crippen LogP contribution < -0.4 is 74.9 Å². The lowest BCUT2D eigenvalue weighted by Gasteiger charge is -2.24. The SMILES string of the molecule is CCN(C(=O)COC)c1ccc2c(c1)N(Cc1cnc[nH]1)CC2.CCN(C(=O)NC)c1cc(Cl)c2c(c1)N(Cc1cnc[nH]1)CC2.CCN(C(=O)NC)c1ccc2c(c1)N(Cc1cnc[nH]1)CC2.CN(C(=O)CO)c1ccc2c(c1)N(Cc1cnc[nH]1)CC2.COCC(=O)N(C)c1cc(Cl)c2c(c1)N(Cc1cnc[nH]1)CC2.CONC(=O)N(C)c1cc(Cl)c2c(c1)N(Cc1cnc[nH]1)CC2. The second-order valence-electron chi connectivity index (χ2n) is 32.5. The number of anilines is 12. The van der Waals surface area contributed by atoms with E-state index in [4.69, 9.17) is 49.4 Å². The molecule has 12 aromatic rings. The van der Waals surface area contributed by atoms with Gasteiger partial charge in [-0.1, -0.05) is 53.0 Å². The number of fused-ring (bicyclic) bond motifs is 6. The van der Waals surface area contributed by atoms with Gasteiger partial charge in [-0.2, -0.15) is 0 Å². The molecule has 0 atom stereocenters. The number of aromatic amines is 6. The quantitative estimate of drug-likeness (QED) is 0.0214. The fourth-order valence-corrected chi connectivity index (χ4v) is 18.0. The summed E-state index contributed by atoms with van der Waals surface area (Å²) in [5, 5.41) is 16.4. The molecule has 37 nitrogen and oxygen atoms in total. The number of rotatable bonds is 27. The number of aromatic nitrogens is 12. The Morgan fingerprint density at radius 3 is 0.978 bits per heavy atom. The first-order valence-electron chi connectivity index (χ1n) is 44.6. The Bertz CT molecular complexity index is 5790. The molecule has 714 valence electrons. The number of urea groups is 3. The normalized spacial score (nSPS) is 13.2. The standard InChI is InChI=1S/C17H22N4O2.C16H20ClN5O.C16H19ClN4O2.C16H21N5O.C15H18ClN5O2.C15H18N4O2/c1-3-21(17(22)11-23-2)15-5-4-13-6-7-20(16(13)8-15)10-14-9-18-12-19-14;1-3-22(16(23)18-2)12-6-14(17)13-4-5-21(15(13)7-12)9-11-8-19-10-20-11;1-20(16(22)9-23-2)12-5-14(17)13-3-4-21(15(13)6-12)8-11-7-18-10-19-11;1-3-21(16(22)17-2)14-5-4-12-6-7-20(15(12)8-14)10-13-9-18-11-19-13;1-20(15(22)19-23-2)11-5-13(16)12-3-4-21(14(12)6-11)8-10-7-17-9-18-10;1-18(15(21)9-20)13-3-2-11-4-5-19(14(11)6-13)8-12-7-16-10-17-12/h4-5,8-9,12H,3,6-7,10-11H2,1-2H3,(H,18,19);6-8,10H,3-5,9H2,1-2H3,(H,18,23)(H,19,20);5-7,10H,3-4,8-9H2,1-2H3,(H,18,19);4-5,8-9,11H,3,6-7,10H2,1-2H3,(H,17,22)(H,18,19);5-7,9H,3-4,8H2,1-2H3,(H,17,18)(H,19,22);2-3,6-7,10,20H,4-5,8-9H2,1H3,(H,16,17). The Kier molecular flexibility index (Phi) is 34.6. The van der Waals surface area contributed by atoms with Gasteiger partial charge in [-0.25, -0.2) is 49.8 Å². The van der Waals surface area contributed by atoms with E-state index in [0.717, 1.165) is 219 Å². The zero-order chi connectivity index (χ0) is 95.8. The number of likely N-dealkylation sites (N-methyl/N-ethyl adjacent to an activating group) is 3. The van der Waals surface area contributed by atoms with E-state index in [0.29, 0.717) is 40.4 Å². The summed E-state index contributed by atoms with van der Waals surface area (Å²) in [6.07, 6.45) is 26.8. The van der Waals surface area contributed by atoms with Crippen molar-refractivity contribution in [2.45, 2.75) is 98.6 Å². The molecule has 0 saturated carbocycles. The average molecular weight is 1900 g/mol. The number of hydrogen-bond donors (Lipinski definition) is 10. The number of imidazole rings is 6.